The molecule has 9 heteroatoms. The molecule has 0 spiro atoms. The van der Waals surface area contributed by atoms with Crippen molar-refractivity contribution < 1.29 is 33.6 Å². The van der Waals surface area contributed by atoms with Gasteiger partial charge in [-0.25, -0.2) is 0 Å². The molecule has 1 rings (SSSR count). The fraction of sp³-hybridized carbons (Fsp3) is 0.933. The first kappa shape index (κ1) is 35.9. The lowest BCUT2D eigenvalue weighted by Gasteiger charge is -2.26. The summed E-state index contributed by atoms with van der Waals surface area (Å²) in [5.41, 5.74) is 0. The Morgan fingerprint density at radius 2 is 1.33 bits per heavy atom. The highest BCUT2D eigenvalue weighted by molar-refractivity contribution is 6.11. The topological polar surface area (TPSA) is 103 Å². The predicted molar refractivity (Wildman–Crippen MR) is 155 cm³/mol. The summed E-state index contributed by atoms with van der Waals surface area (Å²) in [5, 5.41) is 11.6. The van der Waals surface area contributed by atoms with E-state index in [1.807, 2.05) is 27.7 Å². The normalized spacial score (nSPS) is 21.2. The van der Waals surface area contributed by atoms with Crippen LogP contribution in [0.1, 0.15) is 124 Å². The molecule has 1 saturated heterocycles. The number of nitrogens with one attached hydrogen (secondary N) is 1. The lowest BCUT2D eigenvalue weighted by molar-refractivity contribution is -0.137. The number of carboxylic acids is 1. The van der Waals surface area contributed by atoms with Crippen molar-refractivity contribution in [2.24, 2.45) is 0 Å². The summed E-state index contributed by atoms with van der Waals surface area (Å²) in [6.45, 7) is 9.40. The average Bonchev–Trinajstić information content (AvgIpc) is 3.15. The van der Waals surface area contributed by atoms with E-state index in [0.717, 1.165) is 32.1 Å². The van der Waals surface area contributed by atoms with Crippen LogP contribution in [0.15, 0.2) is 0 Å². The standard InChI is InChI=1S/C30H56BNO7/c1-23(2)37-22-25-28(38-24(3)4)29(30(31)39-25)36-21-17-20-32-26(33)18-15-13-11-9-7-5-6-8-10-12-14-16-19-27(34)35/h23-25,28-30H,5-22H2,1-4H3,(H,32,33)(H,34,35)/t25-,28?,29?,30-/m1/s1. The van der Waals surface area contributed by atoms with Gasteiger partial charge in [0.2, 0.25) is 5.91 Å². The molecule has 8 nitrogen and oxygen atoms in total. The molecule has 0 aromatic carbocycles. The van der Waals surface area contributed by atoms with E-state index in [9.17, 15) is 9.59 Å². The first-order chi connectivity index (χ1) is 18.7. The van der Waals surface area contributed by atoms with Gasteiger partial charge in [0.1, 0.15) is 26.2 Å². The van der Waals surface area contributed by atoms with Gasteiger partial charge < -0.3 is 29.4 Å². The average molecular weight is 554 g/mol. The van der Waals surface area contributed by atoms with Crippen LogP contribution in [-0.4, -0.2) is 81.1 Å². The third kappa shape index (κ3) is 18.8. The molecule has 2 radical (unpaired) electrons. The maximum Gasteiger partial charge on any atom is 0.303 e. The van der Waals surface area contributed by atoms with Gasteiger partial charge in [-0.3, -0.25) is 9.59 Å². The van der Waals surface area contributed by atoms with Crippen LogP contribution in [0.3, 0.4) is 0 Å². The van der Waals surface area contributed by atoms with Crippen molar-refractivity contribution in [2.75, 3.05) is 19.8 Å². The predicted octanol–water partition coefficient (Wildman–Crippen LogP) is 5.54. The molecule has 0 bridgehead atoms. The third-order valence-corrected chi connectivity index (χ3v) is 6.87. The molecule has 1 aliphatic rings. The van der Waals surface area contributed by atoms with Crippen molar-refractivity contribution >= 4 is 19.7 Å². The van der Waals surface area contributed by atoms with Crippen LogP contribution in [-0.2, 0) is 28.5 Å². The number of rotatable bonds is 25. The highest BCUT2D eigenvalue weighted by Gasteiger charge is 2.44. The van der Waals surface area contributed by atoms with E-state index in [-0.39, 0.29) is 36.4 Å². The molecule has 1 fully saturated rings. The van der Waals surface area contributed by atoms with Gasteiger partial charge in [-0.15, -0.1) is 0 Å². The van der Waals surface area contributed by atoms with Gasteiger partial charge in [0, 0.05) is 32.0 Å². The van der Waals surface area contributed by atoms with Crippen LogP contribution in [0.5, 0.6) is 0 Å². The van der Waals surface area contributed by atoms with Gasteiger partial charge in [-0.1, -0.05) is 64.2 Å². The minimum atomic E-state index is -0.689. The molecule has 1 amide bonds. The van der Waals surface area contributed by atoms with Gasteiger partial charge in [-0.05, 0) is 47.0 Å². The molecule has 1 heterocycles. The van der Waals surface area contributed by atoms with E-state index in [2.05, 4.69) is 5.32 Å². The smallest absolute Gasteiger partial charge is 0.303 e. The lowest BCUT2D eigenvalue weighted by Crippen LogP contribution is -2.41. The van der Waals surface area contributed by atoms with E-state index in [1.54, 1.807) is 0 Å². The van der Waals surface area contributed by atoms with Crippen LogP contribution in [0.2, 0.25) is 0 Å². The molecule has 0 aliphatic carbocycles. The number of carbonyl (C=O) groups excluding carboxylic acids is 1. The van der Waals surface area contributed by atoms with Crippen molar-refractivity contribution in [1.29, 1.82) is 0 Å². The number of carboxylic acid groups (broad SMARTS) is 1. The molecule has 0 aromatic rings. The van der Waals surface area contributed by atoms with Crippen LogP contribution in [0.4, 0.5) is 0 Å². The first-order valence-corrected chi connectivity index (χ1v) is 15.5. The fourth-order valence-corrected chi connectivity index (χ4v) is 4.78. The minimum absolute atomic E-state index is 0.0232. The monoisotopic (exact) mass is 553 g/mol. The maximum atomic E-state index is 12.1. The Bertz CT molecular complexity index is 634. The summed E-state index contributed by atoms with van der Waals surface area (Å²) in [4.78, 5) is 22.6. The van der Waals surface area contributed by atoms with E-state index in [1.165, 1.54) is 44.9 Å². The molecule has 2 unspecified atom stereocenters. The lowest BCUT2D eigenvalue weighted by atomic mass is 9.92. The number of carbonyl (C=O) groups is 2. The van der Waals surface area contributed by atoms with Crippen molar-refractivity contribution in [3.8, 4) is 0 Å². The number of amides is 1. The zero-order valence-electron chi connectivity index (χ0n) is 25.2. The van der Waals surface area contributed by atoms with Crippen LogP contribution >= 0.6 is 0 Å². The molecular formula is C30H56BNO7. The Morgan fingerprint density at radius 3 is 1.85 bits per heavy atom. The van der Waals surface area contributed by atoms with E-state index in [4.69, 9.17) is 31.9 Å². The highest BCUT2D eigenvalue weighted by atomic mass is 16.6. The first-order valence-electron chi connectivity index (χ1n) is 15.5. The van der Waals surface area contributed by atoms with Crippen LogP contribution in [0, 0.1) is 0 Å². The van der Waals surface area contributed by atoms with Gasteiger partial charge in [0.25, 0.3) is 0 Å². The molecule has 226 valence electrons. The van der Waals surface area contributed by atoms with Gasteiger partial charge in [0.05, 0.1) is 18.8 Å². The van der Waals surface area contributed by atoms with Crippen LogP contribution in [0.25, 0.3) is 0 Å². The summed E-state index contributed by atoms with van der Waals surface area (Å²) >= 11 is 0. The third-order valence-electron chi connectivity index (χ3n) is 6.87. The number of hydrogen-bond donors (Lipinski definition) is 2. The molecule has 2 N–H and O–H groups in total. The second-order valence-electron chi connectivity index (χ2n) is 11.3. The Balaban J connectivity index is 2.01. The maximum absolute atomic E-state index is 12.1. The molecule has 1 aliphatic heterocycles. The Kier molecular flexibility index (Phi) is 20.7. The Morgan fingerprint density at radius 1 is 0.795 bits per heavy atom. The summed E-state index contributed by atoms with van der Waals surface area (Å²) in [6, 6.07) is -0.564. The Hall–Kier alpha value is -1.16. The molecule has 0 aromatic heterocycles. The highest BCUT2D eigenvalue weighted by Crippen LogP contribution is 2.27. The van der Waals surface area contributed by atoms with Crippen molar-refractivity contribution in [1.82, 2.24) is 5.32 Å². The van der Waals surface area contributed by atoms with Crippen LogP contribution < -0.4 is 5.32 Å². The van der Waals surface area contributed by atoms with E-state index >= 15 is 0 Å². The van der Waals surface area contributed by atoms with Crippen molar-refractivity contribution in [3.63, 3.8) is 0 Å². The van der Waals surface area contributed by atoms with Gasteiger partial charge in [0.15, 0.2) is 0 Å². The number of unbranched alkanes of at least 4 members (excludes halogenated alkanes) is 11. The fourth-order valence-electron chi connectivity index (χ4n) is 4.78. The van der Waals surface area contributed by atoms with Crippen molar-refractivity contribution in [3.05, 3.63) is 0 Å². The zero-order chi connectivity index (χ0) is 28.9. The SMILES string of the molecule is [B][C@@H]1O[C@H](COC(C)C)C(OC(C)C)C1OCCCNC(=O)CCCCCCCCCCCCCCC(=O)O. The second kappa shape index (κ2) is 22.5. The summed E-state index contributed by atoms with van der Waals surface area (Å²) in [7, 11) is 6.18. The van der Waals surface area contributed by atoms with Gasteiger partial charge in [-0.2, -0.15) is 0 Å². The molecule has 0 saturated carbocycles. The van der Waals surface area contributed by atoms with Crippen molar-refractivity contribution in [2.45, 2.75) is 161 Å². The number of hydrogen-bond acceptors (Lipinski definition) is 6. The number of aliphatic carboxylic acids is 1. The van der Waals surface area contributed by atoms with E-state index < -0.39 is 12.0 Å². The molecule has 39 heavy (non-hydrogen) atoms. The summed E-state index contributed by atoms with van der Waals surface area (Å²) in [5.74, 6) is -0.586. The molecular weight excluding hydrogens is 497 g/mol. The second-order valence-corrected chi connectivity index (χ2v) is 11.3. The quantitative estimate of drug-likeness (QED) is 0.113. The summed E-state index contributed by atoms with van der Waals surface area (Å²) in [6.07, 6.45) is 14.5. The minimum Gasteiger partial charge on any atom is -0.481 e. The Labute approximate surface area is 239 Å². The largest absolute Gasteiger partial charge is 0.481 e. The van der Waals surface area contributed by atoms with Gasteiger partial charge >= 0.3 is 5.97 Å². The molecule has 4 atom stereocenters. The summed E-state index contributed by atoms with van der Waals surface area (Å²) < 4.78 is 23.7. The number of ether oxygens (including phenoxy) is 4. The zero-order valence-corrected chi connectivity index (χ0v) is 25.2. The van der Waals surface area contributed by atoms with E-state index in [0.29, 0.717) is 39.0 Å².